The Morgan fingerprint density at radius 3 is 2.48 bits per heavy atom. The van der Waals surface area contributed by atoms with Crippen molar-refractivity contribution in [2.24, 2.45) is 0 Å². The molecular formula is C25H27N3O3. The smallest absolute Gasteiger partial charge is 0.261 e. The molecule has 0 spiro atoms. The molecule has 5 rings (SSSR count). The standard InChI is InChI=1S/C25H27N3O3/c1-16-9-10-21-19(14-16)20-15-26(2)13-11-22(20)28(21)23(29)8-5-12-27-24(30)17-6-3-4-7-18(17)25(27)31/h3-4,6-7,9-10,14,20,22H,5,8,11-13,15H2,1-2H3. The summed E-state index contributed by atoms with van der Waals surface area (Å²) in [6.07, 6.45) is 1.75. The quantitative estimate of drug-likeness (QED) is 0.717. The van der Waals surface area contributed by atoms with Gasteiger partial charge in [0.05, 0.1) is 11.1 Å². The Kier molecular flexibility index (Phi) is 4.89. The van der Waals surface area contributed by atoms with Crippen LogP contribution in [0, 0.1) is 6.92 Å². The molecule has 0 aromatic heterocycles. The minimum Gasteiger partial charge on any atom is -0.308 e. The molecule has 3 heterocycles. The van der Waals surface area contributed by atoms with Gasteiger partial charge in [-0.05, 0) is 57.1 Å². The number of carbonyl (C=O) groups is 3. The van der Waals surface area contributed by atoms with Crippen LogP contribution in [0.2, 0.25) is 0 Å². The van der Waals surface area contributed by atoms with E-state index in [1.807, 2.05) is 4.90 Å². The van der Waals surface area contributed by atoms with Crippen LogP contribution in [0.4, 0.5) is 5.69 Å². The number of likely N-dealkylation sites (N-methyl/N-ethyl adjacent to an activating group) is 1. The average Bonchev–Trinajstić information content (AvgIpc) is 3.20. The molecular weight excluding hydrogens is 390 g/mol. The van der Waals surface area contributed by atoms with Crippen LogP contribution in [0.3, 0.4) is 0 Å². The predicted octanol–water partition coefficient (Wildman–Crippen LogP) is 3.21. The van der Waals surface area contributed by atoms with Crippen LogP contribution in [-0.4, -0.2) is 60.2 Å². The van der Waals surface area contributed by atoms with Gasteiger partial charge >= 0.3 is 0 Å². The fraction of sp³-hybridized carbons (Fsp3) is 0.400. The summed E-state index contributed by atoms with van der Waals surface area (Å²) in [5.41, 5.74) is 4.42. The number of fused-ring (bicyclic) bond motifs is 4. The number of aryl methyl sites for hydroxylation is 1. The van der Waals surface area contributed by atoms with Gasteiger partial charge in [-0.25, -0.2) is 0 Å². The molecule has 3 aliphatic rings. The van der Waals surface area contributed by atoms with Crippen LogP contribution in [0.15, 0.2) is 42.5 Å². The molecule has 2 atom stereocenters. The highest BCUT2D eigenvalue weighted by Gasteiger charge is 2.43. The maximum Gasteiger partial charge on any atom is 0.261 e. The van der Waals surface area contributed by atoms with Crippen molar-refractivity contribution < 1.29 is 14.4 Å². The van der Waals surface area contributed by atoms with E-state index in [0.29, 0.717) is 29.9 Å². The highest BCUT2D eigenvalue weighted by Crippen LogP contribution is 2.45. The number of benzene rings is 2. The third-order valence-electron chi connectivity index (χ3n) is 6.87. The van der Waals surface area contributed by atoms with Gasteiger partial charge in [0.25, 0.3) is 11.8 Å². The van der Waals surface area contributed by atoms with Crippen molar-refractivity contribution in [3.05, 3.63) is 64.7 Å². The topological polar surface area (TPSA) is 60.9 Å². The Balaban J connectivity index is 1.29. The van der Waals surface area contributed by atoms with E-state index >= 15 is 0 Å². The number of hydrogen-bond acceptors (Lipinski definition) is 4. The number of rotatable bonds is 4. The van der Waals surface area contributed by atoms with Crippen molar-refractivity contribution in [1.29, 1.82) is 0 Å². The Hall–Kier alpha value is -2.99. The summed E-state index contributed by atoms with van der Waals surface area (Å²) in [6, 6.07) is 13.5. The summed E-state index contributed by atoms with van der Waals surface area (Å²) in [6.45, 7) is 4.30. The highest BCUT2D eigenvalue weighted by atomic mass is 16.2. The van der Waals surface area contributed by atoms with Crippen LogP contribution in [0.5, 0.6) is 0 Å². The summed E-state index contributed by atoms with van der Waals surface area (Å²) < 4.78 is 0. The molecule has 3 aliphatic heterocycles. The molecule has 0 aliphatic carbocycles. The van der Waals surface area contributed by atoms with Gasteiger partial charge in [-0.15, -0.1) is 0 Å². The second-order valence-corrected chi connectivity index (χ2v) is 8.96. The lowest BCUT2D eigenvalue weighted by Gasteiger charge is -2.36. The van der Waals surface area contributed by atoms with E-state index in [4.69, 9.17) is 0 Å². The Bertz CT molecular complexity index is 1040. The molecule has 0 N–H and O–H groups in total. The summed E-state index contributed by atoms with van der Waals surface area (Å²) in [5, 5.41) is 0. The third kappa shape index (κ3) is 3.26. The zero-order valence-corrected chi connectivity index (χ0v) is 18.0. The fourth-order valence-electron chi connectivity index (χ4n) is 5.36. The number of hydrogen-bond donors (Lipinski definition) is 0. The van der Waals surface area contributed by atoms with E-state index in [1.165, 1.54) is 16.0 Å². The first-order valence-corrected chi connectivity index (χ1v) is 11.0. The largest absolute Gasteiger partial charge is 0.308 e. The van der Waals surface area contributed by atoms with E-state index in [9.17, 15) is 14.4 Å². The molecule has 2 aromatic carbocycles. The molecule has 6 heteroatoms. The number of anilines is 1. The van der Waals surface area contributed by atoms with Crippen molar-refractivity contribution in [1.82, 2.24) is 9.80 Å². The van der Waals surface area contributed by atoms with E-state index in [-0.39, 0.29) is 30.3 Å². The number of carbonyl (C=O) groups excluding carboxylic acids is 3. The number of amides is 3. The minimum absolute atomic E-state index is 0.0822. The molecule has 1 saturated heterocycles. The first kappa shape index (κ1) is 19.9. The van der Waals surface area contributed by atoms with Crippen molar-refractivity contribution in [2.45, 2.75) is 38.1 Å². The Morgan fingerprint density at radius 1 is 1.06 bits per heavy atom. The van der Waals surface area contributed by atoms with Gasteiger partial charge < -0.3 is 9.80 Å². The normalized spacial score (nSPS) is 22.5. The van der Waals surface area contributed by atoms with Gasteiger partial charge in [0.15, 0.2) is 0 Å². The minimum atomic E-state index is -0.259. The summed E-state index contributed by atoms with van der Waals surface area (Å²) in [4.78, 5) is 44.0. The molecule has 2 unspecified atom stereocenters. The maximum atomic E-state index is 13.3. The summed E-state index contributed by atoms with van der Waals surface area (Å²) in [7, 11) is 2.14. The van der Waals surface area contributed by atoms with Gasteiger partial charge in [-0.3, -0.25) is 19.3 Å². The lowest BCUT2D eigenvalue weighted by atomic mass is 9.89. The molecule has 160 valence electrons. The molecule has 3 amide bonds. The van der Waals surface area contributed by atoms with E-state index in [0.717, 1.165) is 25.2 Å². The van der Waals surface area contributed by atoms with E-state index in [2.05, 4.69) is 37.1 Å². The fourth-order valence-corrected chi connectivity index (χ4v) is 5.36. The predicted molar refractivity (Wildman–Crippen MR) is 118 cm³/mol. The van der Waals surface area contributed by atoms with Gasteiger partial charge in [0.1, 0.15) is 0 Å². The number of imide groups is 1. The molecule has 6 nitrogen and oxygen atoms in total. The highest BCUT2D eigenvalue weighted by molar-refractivity contribution is 6.21. The van der Waals surface area contributed by atoms with Crippen LogP contribution in [-0.2, 0) is 4.79 Å². The van der Waals surface area contributed by atoms with E-state index in [1.54, 1.807) is 24.3 Å². The molecule has 31 heavy (non-hydrogen) atoms. The molecule has 0 saturated carbocycles. The van der Waals surface area contributed by atoms with Gasteiger partial charge in [-0.2, -0.15) is 0 Å². The van der Waals surface area contributed by atoms with Gasteiger partial charge in [0, 0.05) is 37.2 Å². The van der Waals surface area contributed by atoms with Crippen LogP contribution in [0.25, 0.3) is 0 Å². The number of likely N-dealkylation sites (tertiary alicyclic amines) is 1. The first-order chi connectivity index (χ1) is 15.0. The molecule has 0 radical (unpaired) electrons. The lowest BCUT2D eigenvalue weighted by molar-refractivity contribution is -0.119. The maximum absolute atomic E-state index is 13.3. The van der Waals surface area contributed by atoms with Gasteiger partial charge in [0.2, 0.25) is 5.91 Å². The van der Waals surface area contributed by atoms with Crippen molar-refractivity contribution in [3.8, 4) is 0 Å². The molecule has 1 fully saturated rings. The number of piperidine rings is 1. The third-order valence-corrected chi connectivity index (χ3v) is 6.87. The lowest BCUT2D eigenvalue weighted by Crippen LogP contribution is -2.47. The van der Waals surface area contributed by atoms with Crippen LogP contribution < -0.4 is 4.90 Å². The monoisotopic (exact) mass is 417 g/mol. The van der Waals surface area contributed by atoms with Crippen LogP contribution >= 0.6 is 0 Å². The second kappa shape index (κ2) is 7.61. The Morgan fingerprint density at radius 2 is 1.77 bits per heavy atom. The zero-order valence-electron chi connectivity index (χ0n) is 18.0. The first-order valence-electron chi connectivity index (χ1n) is 11.0. The van der Waals surface area contributed by atoms with Gasteiger partial charge in [-0.1, -0.05) is 29.8 Å². The van der Waals surface area contributed by atoms with E-state index < -0.39 is 0 Å². The average molecular weight is 418 g/mol. The molecule has 0 bridgehead atoms. The van der Waals surface area contributed by atoms with Crippen molar-refractivity contribution in [3.63, 3.8) is 0 Å². The number of nitrogens with zero attached hydrogens (tertiary/aromatic N) is 3. The molecule has 2 aromatic rings. The SMILES string of the molecule is Cc1ccc2c(c1)C1CN(C)CCC1N2C(=O)CCCN1C(=O)c2ccccc2C1=O. The Labute approximate surface area is 182 Å². The summed E-state index contributed by atoms with van der Waals surface area (Å²) >= 11 is 0. The van der Waals surface area contributed by atoms with Crippen molar-refractivity contribution >= 4 is 23.4 Å². The second-order valence-electron chi connectivity index (χ2n) is 8.96. The zero-order chi connectivity index (χ0) is 21.7. The van der Waals surface area contributed by atoms with Crippen LogP contribution in [0.1, 0.15) is 57.0 Å². The summed E-state index contributed by atoms with van der Waals surface area (Å²) in [5.74, 6) is -0.0940. The van der Waals surface area contributed by atoms with Crippen molar-refractivity contribution in [2.75, 3.05) is 31.6 Å².